The largest absolute Gasteiger partial charge is 0.331 e. The monoisotopic (exact) mass is 379 g/mol. The van der Waals surface area contributed by atoms with Crippen LogP contribution in [-0.4, -0.2) is 20.8 Å². The summed E-state index contributed by atoms with van der Waals surface area (Å²) in [6.07, 6.45) is 3.17. The minimum absolute atomic E-state index is 0.302. The predicted octanol–water partition coefficient (Wildman–Crippen LogP) is 3.63. The number of rotatable bonds is 4. The molecule has 2 aromatic carbocycles. The third-order valence-corrected chi connectivity index (χ3v) is 4.19. The van der Waals surface area contributed by atoms with Crippen LogP contribution >= 0.6 is 12.2 Å². The van der Waals surface area contributed by atoms with Gasteiger partial charge in [0.25, 0.3) is 5.91 Å². The highest BCUT2D eigenvalue weighted by atomic mass is 32.1. The first-order chi connectivity index (χ1) is 13.0. The van der Waals surface area contributed by atoms with Gasteiger partial charge in [-0.2, -0.15) is 5.10 Å². The molecule has 1 amide bonds. The maximum atomic E-state index is 12.3. The van der Waals surface area contributed by atoms with Crippen molar-refractivity contribution < 1.29 is 4.79 Å². The zero-order chi connectivity index (χ0) is 19.2. The van der Waals surface area contributed by atoms with Crippen LogP contribution in [0.4, 0.5) is 5.69 Å². The number of hydrogen-bond donors (Lipinski definition) is 3. The van der Waals surface area contributed by atoms with Crippen LogP contribution < -0.4 is 16.2 Å². The Bertz CT molecular complexity index is 919. The van der Waals surface area contributed by atoms with Crippen LogP contribution in [-0.2, 0) is 0 Å². The molecule has 0 aliphatic rings. The number of nitrogens with zero attached hydrogens (tertiary/aromatic N) is 2. The summed E-state index contributed by atoms with van der Waals surface area (Å²) >= 11 is 5.21. The van der Waals surface area contributed by atoms with E-state index in [1.54, 1.807) is 10.9 Å². The zero-order valence-corrected chi connectivity index (χ0v) is 16.0. The van der Waals surface area contributed by atoms with Crippen molar-refractivity contribution in [2.24, 2.45) is 0 Å². The van der Waals surface area contributed by atoms with Gasteiger partial charge in [0.05, 0.1) is 17.4 Å². The van der Waals surface area contributed by atoms with Crippen molar-refractivity contribution in [2.45, 2.75) is 19.8 Å². The van der Waals surface area contributed by atoms with E-state index in [-0.39, 0.29) is 5.91 Å². The van der Waals surface area contributed by atoms with Crippen molar-refractivity contribution in [1.82, 2.24) is 20.6 Å². The molecule has 27 heavy (non-hydrogen) atoms. The smallest absolute Gasteiger partial charge is 0.272 e. The summed E-state index contributed by atoms with van der Waals surface area (Å²) in [5, 5.41) is 7.54. The summed E-state index contributed by atoms with van der Waals surface area (Å²) in [6.45, 7) is 4.29. The van der Waals surface area contributed by atoms with Gasteiger partial charge in [-0.15, -0.1) is 0 Å². The number of thiocarbonyl (C=S) groups is 1. The first kappa shape index (κ1) is 18.6. The van der Waals surface area contributed by atoms with E-state index < -0.39 is 0 Å². The fourth-order valence-corrected chi connectivity index (χ4v) is 2.63. The molecule has 0 saturated carbocycles. The first-order valence-electron chi connectivity index (χ1n) is 8.60. The molecule has 1 heterocycles. The Morgan fingerprint density at radius 2 is 1.74 bits per heavy atom. The van der Waals surface area contributed by atoms with E-state index in [2.05, 4.69) is 35.1 Å². The van der Waals surface area contributed by atoms with Crippen LogP contribution in [0.25, 0.3) is 5.69 Å². The Hall–Kier alpha value is -3.19. The standard InChI is InChI=1S/C20H21N5OS/c1-14(2)15-8-10-17(11-9-15)22-20(27)24-23-19(26)16-12-21-25(13-16)18-6-4-3-5-7-18/h3-14H,1-2H3,(H,23,26)(H2,22,24,27). The van der Waals surface area contributed by atoms with Crippen LogP contribution in [0.2, 0.25) is 0 Å². The lowest BCUT2D eigenvalue weighted by Gasteiger charge is -2.12. The van der Waals surface area contributed by atoms with Crippen molar-refractivity contribution in [1.29, 1.82) is 0 Å². The number of aromatic nitrogens is 2. The second kappa shape index (κ2) is 8.46. The summed E-state index contributed by atoms with van der Waals surface area (Å²) < 4.78 is 1.64. The predicted molar refractivity (Wildman–Crippen MR) is 111 cm³/mol. The van der Waals surface area contributed by atoms with Gasteiger partial charge >= 0.3 is 0 Å². The quantitative estimate of drug-likeness (QED) is 0.477. The van der Waals surface area contributed by atoms with Gasteiger partial charge in [0.1, 0.15) is 0 Å². The van der Waals surface area contributed by atoms with Gasteiger partial charge in [-0.05, 0) is 48.0 Å². The molecular formula is C20H21N5OS. The van der Waals surface area contributed by atoms with Gasteiger partial charge in [0.2, 0.25) is 0 Å². The first-order valence-corrected chi connectivity index (χ1v) is 9.01. The number of carbonyl (C=O) groups is 1. The van der Waals surface area contributed by atoms with E-state index in [0.717, 1.165) is 11.4 Å². The Balaban J connectivity index is 1.53. The van der Waals surface area contributed by atoms with E-state index in [9.17, 15) is 4.79 Å². The SMILES string of the molecule is CC(C)c1ccc(NC(=S)NNC(=O)c2cnn(-c3ccccc3)c2)cc1. The molecule has 1 aromatic heterocycles. The zero-order valence-electron chi connectivity index (χ0n) is 15.1. The van der Waals surface area contributed by atoms with E-state index >= 15 is 0 Å². The van der Waals surface area contributed by atoms with Crippen molar-refractivity contribution in [3.05, 3.63) is 78.1 Å². The van der Waals surface area contributed by atoms with Crippen molar-refractivity contribution >= 4 is 28.9 Å². The molecule has 0 spiro atoms. The summed E-state index contributed by atoms with van der Waals surface area (Å²) in [6, 6.07) is 17.6. The lowest BCUT2D eigenvalue weighted by molar-refractivity contribution is 0.0944. The van der Waals surface area contributed by atoms with Crippen LogP contribution in [0.5, 0.6) is 0 Å². The van der Waals surface area contributed by atoms with Crippen LogP contribution in [0, 0.1) is 0 Å². The molecule has 7 heteroatoms. The van der Waals surface area contributed by atoms with Crippen molar-refractivity contribution in [3.8, 4) is 5.69 Å². The van der Waals surface area contributed by atoms with E-state index in [1.165, 1.54) is 11.8 Å². The molecule has 0 unspecified atom stereocenters. The third-order valence-electron chi connectivity index (χ3n) is 3.99. The number of hydrazine groups is 1. The fraction of sp³-hybridized carbons (Fsp3) is 0.150. The fourth-order valence-electron chi connectivity index (χ4n) is 2.46. The molecule has 6 nitrogen and oxygen atoms in total. The second-order valence-electron chi connectivity index (χ2n) is 6.32. The number of amides is 1. The molecule has 3 aromatic rings. The van der Waals surface area contributed by atoms with Gasteiger partial charge in [0.15, 0.2) is 5.11 Å². The molecular weight excluding hydrogens is 358 g/mol. The average Bonchev–Trinajstić information content (AvgIpc) is 3.17. The molecule has 0 atom stereocenters. The lowest BCUT2D eigenvalue weighted by Crippen LogP contribution is -2.43. The minimum atomic E-state index is -0.323. The second-order valence-corrected chi connectivity index (χ2v) is 6.73. The van der Waals surface area contributed by atoms with E-state index in [4.69, 9.17) is 12.2 Å². The van der Waals surface area contributed by atoms with Gasteiger partial charge in [0, 0.05) is 11.9 Å². The van der Waals surface area contributed by atoms with Crippen LogP contribution in [0.1, 0.15) is 35.7 Å². The van der Waals surface area contributed by atoms with Gasteiger partial charge in [-0.1, -0.05) is 44.2 Å². The molecule has 3 rings (SSSR count). The Morgan fingerprint density at radius 1 is 1.04 bits per heavy atom. The molecule has 138 valence electrons. The minimum Gasteiger partial charge on any atom is -0.331 e. The lowest BCUT2D eigenvalue weighted by atomic mass is 10.0. The van der Waals surface area contributed by atoms with Crippen LogP contribution in [0.15, 0.2) is 67.0 Å². The molecule has 0 aliphatic heterocycles. The summed E-state index contributed by atoms with van der Waals surface area (Å²) in [7, 11) is 0. The molecule has 0 saturated heterocycles. The Kier molecular flexibility index (Phi) is 5.83. The normalized spacial score (nSPS) is 10.5. The number of hydrogen-bond acceptors (Lipinski definition) is 3. The van der Waals surface area contributed by atoms with E-state index in [1.807, 2.05) is 54.6 Å². The highest BCUT2D eigenvalue weighted by Gasteiger charge is 2.10. The number of benzene rings is 2. The van der Waals surface area contributed by atoms with Crippen molar-refractivity contribution in [3.63, 3.8) is 0 Å². The molecule has 0 aliphatic carbocycles. The van der Waals surface area contributed by atoms with Gasteiger partial charge in [-0.25, -0.2) is 4.68 Å². The Morgan fingerprint density at radius 3 is 2.41 bits per heavy atom. The van der Waals surface area contributed by atoms with E-state index in [0.29, 0.717) is 16.6 Å². The molecule has 0 fully saturated rings. The van der Waals surface area contributed by atoms with Crippen molar-refractivity contribution in [2.75, 3.05) is 5.32 Å². The summed E-state index contributed by atoms with van der Waals surface area (Å²) in [4.78, 5) is 12.3. The number of anilines is 1. The molecule has 0 radical (unpaired) electrons. The third kappa shape index (κ3) is 4.92. The average molecular weight is 379 g/mol. The maximum absolute atomic E-state index is 12.3. The number of nitrogens with one attached hydrogen (secondary N) is 3. The topological polar surface area (TPSA) is 71.0 Å². The Labute approximate surface area is 163 Å². The summed E-state index contributed by atoms with van der Waals surface area (Å²) in [5.74, 6) is 0.150. The van der Waals surface area contributed by atoms with Gasteiger partial charge in [-0.3, -0.25) is 15.6 Å². The maximum Gasteiger partial charge on any atom is 0.272 e. The molecule has 0 bridgehead atoms. The number of carbonyl (C=O) groups excluding carboxylic acids is 1. The highest BCUT2D eigenvalue weighted by Crippen LogP contribution is 2.17. The number of para-hydroxylation sites is 1. The summed E-state index contributed by atoms with van der Waals surface area (Å²) in [5.41, 5.74) is 8.68. The highest BCUT2D eigenvalue weighted by molar-refractivity contribution is 7.80. The molecule has 3 N–H and O–H groups in total. The van der Waals surface area contributed by atoms with Gasteiger partial charge < -0.3 is 5.32 Å². The van der Waals surface area contributed by atoms with Crippen LogP contribution in [0.3, 0.4) is 0 Å².